The minimum Gasteiger partial charge on any atom is -0.433 e. The lowest BCUT2D eigenvalue weighted by molar-refractivity contribution is -0.222. The van der Waals surface area contributed by atoms with E-state index in [2.05, 4.69) is 15.0 Å². The van der Waals surface area contributed by atoms with Crippen molar-refractivity contribution >= 4 is 23.1 Å². The van der Waals surface area contributed by atoms with Gasteiger partial charge in [0.15, 0.2) is 5.65 Å². The van der Waals surface area contributed by atoms with Crippen LogP contribution in [0.15, 0.2) is 12.5 Å². The number of hydrogen-bond donors (Lipinski definition) is 1. The fraction of sp³-hybridized carbons (Fsp3) is 0.600. The molecular formula is C15H23N5O5. The summed E-state index contributed by atoms with van der Waals surface area (Å²) in [6.07, 6.45) is 1.67. The third-order valence-corrected chi connectivity index (χ3v) is 3.23. The van der Waals surface area contributed by atoms with Crippen molar-refractivity contribution in [1.29, 1.82) is 0 Å². The van der Waals surface area contributed by atoms with E-state index in [4.69, 9.17) is 24.7 Å². The molecule has 2 N–H and O–H groups in total. The number of nitrogens with two attached hydrogens (primary N) is 1. The fourth-order valence-electron chi connectivity index (χ4n) is 2.13. The predicted molar refractivity (Wildman–Crippen MR) is 88.3 cm³/mol. The summed E-state index contributed by atoms with van der Waals surface area (Å²) in [5.74, 6) is -0.306. The lowest BCUT2D eigenvalue weighted by atomic mass is 10.3. The molecule has 0 saturated carbocycles. The van der Waals surface area contributed by atoms with E-state index < -0.39 is 18.4 Å². The second kappa shape index (κ2) is 9.25. The highest BCUT2D eigenvalue weighted by atomic mass is 16.7. The van der Waals surface area contributed by atoms with Crippen LogP contribution in [0.4, 0.5) is 5.95 Å². The van der Waals surface area contributed by atoms with Crippen molar-refractivity contribution in [2.24, 2.45) is 0 Å². The van der Waals surface area contributed by atoms with E-state index in [0.717, 1.165) is 0 Å². The average molecular weight is 353 g/mol. The van der Waals surface area contributed by atoms with Crippen LogP contribution in [-0.4, -0.2) is 57.7 Å². The van der Waals surface area contributed by atoms with Gasteiger partial charge >= 0.3 is 5.97 Å². The SMILES string of the molecule is CCOCC(OCn1cnc2nc(N)ncc21)C(OCC)OC(C)=O. The van der Waals surface area contributed by atoms with Gasteiger partial charge in [-0.25, -0.2) is 9.97 Å². The van der Waals surface area contributed by atoms with Crippen LogP contribution in [-0.2, 0) is 30.5 Å². The number of carbonyl (C=O) groups excluding carboxylic acids is 1. The van der Waals surface area contributed by atoms with Crippen LogP contribution in [0.1, 0.15) is 20.8 Å². The summed E-state index contributed by atoms with van der Waals surface area (Å²) >= 11 is 0. The summed E-state index contributed by atoms with van der Waals surface area (Å²) in [4.78, 5) is 23.4. The molecule has 0 aliphatic heterocycles. The van der Waals surface area contributed by atoms with Gasteiger partial charge in [-0.1, -0.05) is 0 Å². The van der Waals surface area contributed by atoms with Gasteiger partial charge in [0.05, 0.1) is 19.1 Å². The molecule has 2 aromatic heterocycles. The Hall–Kier alpha value is -2.30. The normalized spacial score (nSPS) is 13.7. The molecule has 0 radical (unpaired) electrons. The number of esters is 1. The van der Waals surface area contributed by atoms with Crippen molar-refractivity contribution in [2.75, 3.05) is 25.6 Å². The highest BCUT2D eigenvalue weighted by molar-refractivity contribution is 5.70. The van der Waals surface area contributed by atoms with Gasteiger partial charge in [-0.15, -0.1) is 0 Å². The second-order valence-electron chi connectivity index (χ2n) is 5.08. The van der Waals surface area contributed by atoms with Gasteiger partial charge in [0.25, 0.3) is 0 Å². The van der Waals surface area contributed by atoms with Crippen LogP contribution < -0.4 is 5.73 Å². The monoisotopic (exact) mass is 353 g/mol. The van der Waals surface area contributed by atoms with Crippen LogP contribution in [0.25, 0.3) is 11.2 Å². The summed E-state index contributed by atoms with van der Waals surface area (Å²) < 4.78 is 23.6. The Morgan fingerprint density at radius 1 is 1.28 bits per heavy atom. The largest absolute Gasteiger partial charge is 0.433 e. The first-order valence-electron chi connectivity index (χ1n) is 7.96. The molecule has 0 aliphatic rings. The number of hydrogen-bond acceptors (Lipinski definition) is 9. The smallest absolute Gasteiger partial charge is 0.305 e. The molecule has 2 unspecified atom stereocenters. The lowest BCUT2D eigenvalue weighted by Gasteiger charge is -2.26. The highest BCUT2D eigenvalue weighted by Gasteiger charge is 2.26. The number of nitrogens with zero attached hydrogens (tertiary/aromatic N) is 4. The van der Waals surface area contributed by atoms with Gasteiger partial charge < -0.3 is 29.2 Å². The van der Waals surface area contributed by atoms with E-state index in [9.17, 15) is 4.79 Å². The predicted octanol–water partition coefficient (Wildman–Crippen LogP) is 0.713. The van der Waals surface area contributed by atoms with Crippen molar-refractivity contribution < 1.29 is 23.7 Å². The summed E-state index contributed by atoms with van der Waals surface area (Å²) in [6.45, 7) is 6.19. The molecule has 2 aromatic rings. The zero-order chi connectivity index (χ0) is 18.2. The average Bonchev–Trinajstić information content (AvgIpc) is 2.96. The van der Waals surface area contributed by atoms with Crippen LogP contribution >= 0.6 is 0 Å². The molecule has 0 amide bonds. The number of aromatic nitrogens is 4. The molecule has 138 valence electrons. The summed E-state index contributed by atoms with van der Waals surface area (Å²) in [5, 5.41) is 0. The molecule has 10 nitrogen and oxygen atoms in total. The van der Waals surface area contributed by atoms with Gasteiger partial charge in [-0.2, -0.15) is 4.98 Å². The molecule has 0 fully saturated rings. The minimum absolute atomic E-state index is 0.131. The molecule has 0 spiro atoms. The molecule has 0 aliphatic carbocycles. The minimum atomic E-state index is -0.865. The van der Waals surface area contributed by atoms with Crippen molar-refractivity contribution in [3.8, 4) is 0 Å². The first kappa shape index (κ1) is 19.0. The zero-order valence-corrected chi connectivity index (χ0v) is 14.5. The van der Waals surface area contributed by atoms with E-state index in [1.54, 1.807) is 24.0 Å². The van der Waals surface area contributed by atoms with Crippen LogP contribution in [0.3, 0.4) is 0 Å². The number of imidazole rings is 1. The Labute approximate surface area is 145 Å². The first-order chi connectivity index (χ1) is 12.0. The zero-order valence-electron chi connectivity index (χ0n) is 14.5. The summed E-state index contributed by atoms with van der Waals surface area (Å²) in [5.41, 5.74) is 6.69. The molecule has 2 rings (SSSR count). The van der Waals surface area contributed by atoms with Gasteiger partial charge in [-0.3, -0.25) is 4.79 Å². The molecule has 2 atom stereocenters. The molecule has 0 aromatic carbocycles. The van der Waals surface area contributed by atoms with E-state index in [1.165, 1.54) is 6.92 Å². The molecule has 25 heavy (non-hydrogen) atoms. The van der Waals surface area contributed by atoms with Gasteiger partial charge in [0.2, 0.25) is 12.2 Å². The van der Waals surface area contributed by atoms with Crippen molar-refractivity contribution in [3.63, 3.8) is 0 Å². The molecule has 2 heterocycles. The van der Waals surface area contributed by atoms with Crippen molar-refractivity contribution in [1.82, 2.24) is 19.5 Å². The number of carbonyl (C=O) groups is 1. The Morgan fingerprint density at radius 2 is 2.08 bits per heavy atom. The maximum Gasteiger partial charge on any atom is 0.305 e. The molecular weight excluding hydrogens is 330 g/mol. The van der Waals surface area contributed by atoms with Gasteiger partial charge in [0.1, 0.15) is 18.4 Å². The Balaban J connectivity index is 2.10. The third-order valence-electron chi connectivity index (χ3n) is 3.23. The lowest BCUT2D eigenvalue weighted by Crippen LogP contribution is -2.39. The highest BCUT2D eigenvalue weighted by Crippen LogP contribution is 2.13. The molecule has 0 bridgehead atoms. The maximum atomic E-state index is 11.3. The van der Waals surface area contributed by atoms with E-state index in [-0.39, 0.29) is 19.3 Å². The topological polar surface area (TPSA) is 124 Å². The number of nitrogen functional groups attached to an aromatic ring is 1. The van der Waals surface area contributed by atoms with Gasteiger partial charge in [0, 0.05) is 20.1 Å². The third kappa shape index (κ3) is 5.34. The number of fused-ring (bicyclic) bond motifs is 1. The molecule has 10 heteroatoms. The van der Waals surface area contributed by atoms with Gasteiger partial charge in [-0.05, 0) is 13.8 Å². The Bertz CT molecular complexity index is 692. The number of ether oxygens (including phenoxy) is 4. The van der Waals surface area contributed by atoms with Crippen LogP contribution in [0, 0.1) is 0 Å². The molecule has 0 saturated heterocycles. The second-order valence-corrected chi connectivity index (χ2v) is 5.08. The number of anilines is 1. The van der Waals surface area contributed by atoms with E-state index in [0.29, 0.717) is 24.4 Å². The quantitative estimate of drug-likeness (QED) is 0.486. The van der Waals surface area contributed by atoms with Crippen LogP contribution in [0.2, 0.25) is 0 Å². The van der Waals surface area contributed by atoms with Crippen molar-refractivity contribution in [2.45, 2.75) is 39.9 Å². The first-order valence-corrected chi connectivity index (χ1v) is 7.96. The number of rotatable bonds is 10. The Kier molecular flexibility index (Phi) is 7.04. The maximum absolute atomic E-state index is 11.3. The summed E-state index contributed by atoms with van der Waals surface area (Å²) in [6, 6.07) is 0. The van der Waals surface area contributed by atoms with E-state index >= 15 is 0 Å². The Morgan fingerprint density at radius 3 is 2.76 bits per heavy atom. The van der Waals surface area contributed by atoms with Crippen molar-refractivity contribution in [3.05, 3.63) is 12.5 Å². The van der Waals surface area contributed by atoms with Crippen LogP contribution in [0.5, 0.6) is 0 Å². The summed E-state index contributed by atoms with van der Waals surface area (Å²) in [7, 11) is 0. The standard InChI is InChI=1S/C15H23N5O5/c1-4-22-7-12(14(23-5-2)25-10(3)21)24-9-20-8-18-13-11(20)6-17-15(16)19-13/h6,8,12,14H,4-5,7,9H2,1-3H3,(H2,16,17,19). The van der Waals surface area contributed by atoms with E-state index in [1.807, 2.05) is 6.92 Å². The fourth-order valence-corrected chi connectivity index (χ4v) is 2.13.